The van der Waals surface area contributed by atoms with E-state index in [4.69, 9.17) is 4.18 Å². The Morgan fingerprint density at radius 1 is 1.04 bits per heavy atom. The van der Waals surface area contributed by atoms with Crippen molar-refractivity contribution in [3.8, 4) is 11.6 Å². The largest absolute Gasteiger partial charge is 0.358 e. The molecule has 2 aromatic carbocycles. The zero-order valence-corrected chi connectivity index (χ0v) is 14.6. The van der Waals surface area contributed by atoms with Gasteiger partial charge < -0.3 is 4.18 Å². The molecule has 0 aliphatic rings. The lowest BCUT2D eigenvalue weighted by atomic mass is 10.1. The summed E-state index contributed by atoms with van der Waals surface area (Å²) in [6, 6.07) is 15.1. The van der Waals surface area contributed by atoms with E-state index in [1.165, 1.54) is 35.0 Å². The van der Waals surface area contributed by atoms with Crippen molar-refractivity contribution in [1.29, 1.82) is 0 Å². The van der Waals surface area contributed by atoms with Crippen LogP contribution in [0.25, 0.3) is 5.69 Å². The fourth-order valence-electron chi connectivity index (χ4n) is 2.26. The molecular weight excluding hydrogens is 343 g/mol. The van der Waals surface area contributed by atoms with Crippen LogP contribution in [-0.2, 0) is 10.1 Å². The molecule has 0 bridgehead atoms. The minimum Gasteiger partial charge on any atom is -0.358 e. The van der Waals surface area contributed by atoms with Crippen LogP contribution in [0.4, 0.5) is 4.39 Å². The standard InChI is InChI=1S/C18H17FN2O3S/c1-13(2)17-12-18(21(20-17)15-8-6-7-14(19)11-15)24-25(22,23)16-9-4-3-5-10-16/h3-13H,1-2H3. The lowest BCUT2D eigenvalue weighted by molar-refractivity contribution is 0.464. The molecule has 0 aliphatic carbocycles. The third-order valence-electron chi connectivity index (χ3n) is 3.57. The first-order chi connectivity index (χ1) is 11.9. The maximum absolute atomic E-state index is 13.6. The summed E-state index contributed by atoms with van der Waals surface area (Å²) in [5, 5.41) is 4.36. The van der Waals surface area contributed by atoms with Gasteiger partial charge in [-0.1, -0.05) is 38.1 Å². The summed E-state index contributed by atoms with van der Waals surface area (Å²) in [4.78, 5) is 0.0353. The minimum absolute atomic E-state index is 0.0122. The molecule has 0 N–H and O–H groups in total. The molecule has 0 aliphatic heterocycles. The summed E-state index contributed by atoms with van der Waals surface area (Å²) < 4.78 is 45.1. The van der Waals surface area contributed by atoms with E-state index in [1.807, 2.05) is 13.8 Å². The zero-order chi connectivity index (χ0) is 18.0. The lowest BCUT2D eigenvalue weighted by Crippen LogP contribution is -2.12. The van der Waals surface area contributed by atoms with E-state index < -0.39 is 15.9 Å². The van der Waals surface area contributed by atoms with Crippen molar-refractivity contribution < 1.29 is 17.0 Å². The van der Waals surface area contributed by atoms with E-state index in [1.54, 1.807) is 30.3 Å². The first kappa shape index (κ1) is 17.2. The predicted octanol–water partition coefficient (Wildman–Crippen LogP) is 3.90. The normalized spacial score (nSPS) is 11.7. The summed E-state index contributed by atoms with van der Waals surface area (Å²) >= 11 is 0. The summed E-state index contributed by atoms with van der Waals surface area (Å²) in [5.41, 5.74) is 1.02. The van der Waals surface area contributed by atoms with Crippen LogP contribution in [0.15, 0.2) is 65.6 Å². The van der Waals surface area contributed by atoms with Crippen molar-refractivity contribution in [1.82, 2.24) is 9.78 Å². The highest BCUT2D eigenvalue weighted by Crippen LogP contribution is 2.26. The third-order valence-corrected chi connectivity index (χ3v) is 4.81. The first-order valence-electron chi connectivity index (χ1n) is 7.72. The van der Waals surface area contributed by atoms with Crippen LogP contribution < -0.4 is 4.18 Å². The molecule has 7 heteroatoms. The molecule has 0 saturated carbocycles. The van der Waals surface area contributed by atoms with Gasteiger partial charge in [0.2, 0.25) is 5.88 Å². The van der Waals surface area contributed by atoms with Gasteiger partial charge in [0, 0.05) is 6.07 Å². The molecule has 5 nitrogen and oxygen atoms in total. The highest BCUT2D eigenvalue weighted by atomic mass is 32.2. The van der Waals surface area contributed by atoms with Crippen molar-refractivity contribution >= 4 is 10.1 Å². The Kier molecular flexibility index (Phi) is 4.59. The maximum Gasteiger partial charge on any atom is 0.340 e. The Hall–Kier alpha value is -2.67. The van der Waals surface area contributed by atoms with Crippen molar-refractivity contribution in [2.75, 3.05) is 0 Å². The molecule has 0 amide bonds. The van der Waals surface area contributed by atoms with Crippen molar-refractivity contribution in [3.05, 3.63) is 72.2 Å². The van der Waals surface area contributed by atoms with E-state index in [-0.39, 0.29) is 16.7 Å². The highest BCUT2D eigenvalue weighted by Gasteiger charge is 2.21. The van der Waals surface area contributed by atoms with E-state index in [0.29, 0.717) is 11.4 Å². The van der Waals surface area contributed by atoms with Crippen LogP contribution in [0.3, 0.4) is 0 Å². The smallest absolute Gasteiger partial charge is 0.340 e. The monoisotopic (exact) mass is 360 g/mol. The maximum atomic E-state index is 13.6. The quantitative estimate of drug-likeness (QED) is 0.648. The van der Waals surface area contributed by atoms with Crippen molar-refractivity contribution in [3.63, 3.8) is 0 Å². The number of hydrogen-bond donors (Lipinski definition) is 0. The molecule has 0 radical (unpaired) electrons. The zero-order valence-electron chi connectivity index (χ0n) is 13.8. The fraction of sp³-hybridized carbons (Fsp3) is 0.167. The van der Waals surface area contributed by atoms with Gasteiger partial charge in [-0.2, -0.15) is 18.2 Å². The molecule has 1 aromatic heterocycles. The Morgan fingerprint density at radius 2 is 1.76 bits per heavy atom. The minimum atomic E-state index is -4.02. The molecule has 0 atom stereocenters. The van der Waals surface area contributed by atoms with Crippen LogP contribution in [-0.4, -0.2) is 18.2 Å². The SMILES string of the molecule is CC(C)c1cc(OS(=O)(=O)c2ccccc2)n(-c2cccc(F)c2)n1. The molecule has 3 rings (SSSR count). The number of hydrogen-bond acceptors (Lipinski definition) is 4. The molecule has 1 heterocycles. The molecular formula is C18H17FN2O3S. The van der Waals surface area contributed by atoms with Gasteiger partial charge in [0.15, 0.2) is 0 Å². The molecule has 0 saturated heterocycles. The molecule has 25 heavy (non-hydrogen) atoms. The first-order valence-corrected chi connectivity index (χ1v) is 9.13. The Bertz CT molecular complexity index is 983. The van der Waals surface area contributed by atoms with Gasteiger partial charge in [-0.15, -0.1) is 0 Å². The molecule has 130 valence electrons. The van der Waals surface area contributed by atoms with Crippen molar-refractivity contribution in [2.45, 2.75) is 24.7 Å². The van der Waals surface area contributed by atoms with Gasteiger partial charge in [-0.3, -0.25) is 0 Å². The number of rotatable bonds is 5. The van der Waals surface area contributed by atoms with E-state index in [0.717, 1.165) is 0 Å². The van der Waals surface area contributed by atoms with Crippen LogP contribution in [0.2, 0.25) is 0 Å². The van der Waals surface area contributed by atoms with Crippen LogP contribution in [0.5, 0.6) is 5.88 Å². The molecule has 0 unspecified atom stereocenters. The molecule has 3 aromatic rings. The fourth-order valence-corrected chi connectivity index (χ4v) is 3.19. The number of aromatic nitrogens is 2. The Balaban J connectivity index is 2.06. The average Bonchev–Trinajstić information content (AvgIpc) is 2.99. The number of halogens is 1. The average molecular weight is 360 g/mol. The van der Waals surface area contributed by atoms with Gasteiger partial charge in [0.1, 0.15) is 10.7 Å². The Labute approximate surface area is 145 Å². The lowest BCUT2D eigenvalue weighted by Gasteiger charge is -2.09. The summed E-state index contributed by atoms with van der Waals surface area (Å²) in [5.74, 6) is -0.384. The second-order valence-electron chi connectivity index (χ2n) is 5.80. The summed E-state index contributed by atoms with van der Waals surface area (Å²) in [6.07, 6.45) is 0. The van der Waals surface area contributed by atoms with Crippen molar-refractivity contribution in [2.24, 2.45) is 0 Å². The van der Waals surface area contributed by atoms with Gasteiger partial charge in [0.05, 0.1) is 11.4 Å². The van der Waals surface area contributed by atoms with Crippen LogP contribution in [0, 0.1) is 5.82 Å². The second-order valence-corrected chi connectivity index (χ2v) is 7.35. The van der Waals surface area contributed by atoms with Gasteiger partial charge in [0.25, 0.3) is 0 Å². The highest BCUT2D eigenvalue weighted by molar-refractivity contribution is 7.87. The predicted molar refractivity (Wildman–Crippen MR) is 91.9 cm³/mol. The molecule has 0 fully saturated rings. The van der Waals surface area contributed by atoms with Gasteiger partial charge in [-0.25, -0.2) is 4.39 Å². The third kappa shape index (κ3) is 3.71. The number of benzene rings is 2. The van der Waals surface area contributed by atoms with E-state index in [2.05, 4.69) is 5.10 Å². The van der Waals surface area contributed by atoms with Crippen LogP contribution >= 0.6 is 0 Å². The second kappa shape index (κ2) is 6.68. The summed E-state index contributed by atoms with van der Waals surface area (Å²) in [7, 11) is -4.02. The van der Waals surface area contributed by atoms with Gasteiger partial charge >= 0.3 is 10.1 Å². The number of nitrogens with zero attached hydrogens (tertiary/aromatic N) is 2. The van der Waals surface area contributed by atoms with E-state index in [9.17, 15) is 12.8 Å². The van der Waals surface area contributed by atoms with Gasteiger partial charge in [-0.05, 0) is 36.2 Å². The van der Waals surface area contributed by atoms with E-state index >= 15 is 0 Å². The Morgan fingerprint density at radius 3 is 2.40 bits per heavy atom. The molecule has 0 spiro atoms. The topological polar surface area (TPSA) is 61.2 Å². The van der Waals surface area contributed by atoms with Crippen LogP contribution in [0.1, 0.15) is 25.5 Å². The summed E-state index contributed by atoms with van der Waals surface area (Å²) in [6.45, 7) is 3.85.